The fourth-order valence-electron chi connectivity index (χ4n) is 3.34. The monoisotopic (exact) mass is 253 g/mol. The van der Waals surface area contributed by atoms with Crippen molar-refractivity contribution < 1.29 is 5.11 Å². The zero-order chi connectivity index (χ0) is 13.3. The van der Waals surface area contributed by atoms with Crippen molar-refractivity contribution in [3.63, 3.8) is 0 Å². The Labute approximate surface area is 113 Å². The average Bonchev–Trinajstić information content (AvgIpc) is 3.06. The third-order valence-electron chi connectivity index (χ3n) is 4.86. The number of hydrogen-bond acceptors (Lipinski definition) is 2. The number of aliphatic hydroxyl groups excluding tert-OH is 1. The van der Waals surface area contributed by atoms with Crippen molar-refractivity contribution in [2.75, 3.05) is 13.1 Å². The van der Waals surface area contributed by atoms with Crippen molar-refractivity contribution >= 4 is 0 Å². The third-order valence-corrected chi connectivity index (χ3v) is 4.86. The summed E-state index contributed by atoms with van der Waals surface area (Å²) in [6.07, 6.45) is 6.12. The molecule has 2 aliphatic carbocycles. The Morgan fingerprint density at radius 1 is 1.17 bits per heavy atom. The highest BCUT2D eigenvalue weighted by Crippen LogP contribution is 2.39. The highest BCUT2D eigenvalue weighted by Gasteiger charge is 2.36. The van der Waals surface area contributed by atoms with Crippen LogP contribution in [0.4, 0.5) is 0 Å². The summed E-state index contributed by atoms with van der Waals surface area (Å²) in [6, 6.07) is 0.614. The van der Waals surface area contributed by atoms with Gasteiger partial charge in [-0.1, -0.05) is 13.8 Å². The Bertz CT molecular complexity index is 270. The van der Waals surface area contributed by atoms with Gasteiger partial charge in [-0.3, -0.25) is 0 Å². The topological polar surface area (TPSA) is 23.5 Å². The second kappa shape index (κ2) is 5.50. The first-order valence-corrected chi connectivity index (χ1v) is 7.79. The van der Waals surface area contributed by atoms with Gasteiger partial charge in [0.05, 0.1) is 6.10 Å². The van der Waals surface area contributed by atoms with Gasteiger partial charge in [0, 0.05) is 19.1 Å². The fourth-order valence-corrected chi connectivity index (χ4v) is 3.34. The molecule has 2 heteroatoms. The molecule has 0 bridgehead atoms. The largest absolute Gasteiger partial charge is 0.393 e. The lowest BCUT2D eigenvalue weighted by molar-refractivity contribution is -0.00122. The normalized spacial score (nSPS) is 32.2. The lowest BCUT2D eigenvalue weighted by atomic mass is 9.70. The van der Waals surface area contributed by atoms with E-state index in [1.54, 1.807) is 0 Å². The van der Waals surface area contributed by atoms with Gasteiger partial charge >= 0.3 is 0 Å². The van der Waals surface area contributed by atoms with E-state index < -0.39 is 0 Å². The maximum atomic E-state index is 10.3. The minimum absolute atomic E-state index is 0.0709. The smallest absolute Gasteiger partial charge is 0.0581 e. The molecule has 0 aromatic heterocycles. The fraction of sp³-hybridized carbons (Fsp3) is 1.00. The van der Waals surface area contributed by atoms with Gasteiger partial charge in [-0.15, -0.1) is 0 Å². The van der Waals surface area contributed by atoms with Gasteiger partial charge in [-0.25, -0.2) is 0 Å². The average molecular weight is 253 g/mol. The molecule has 0 heterocycles. The van der Waals surface area contributed by atoms with Crippen LogP contribution in [0.5, 0.6) is 0 Å². The van der Waals surface area contributed by atoms with Crippen molar-refractivity contribution in [2.45, 2.75) is 71.9 Å². The van der Waals surface area contributed by atoms with E-state index >= 15 is 0 Å². The van der Waals surface area contributed by atoms with Crippen molar-refractivity contribution in [1.29, 1.82) is 0 Å². The van der Waals surface area contributed by atoms with Crippen LogP contribution in [0.2, 0.25) is 0 Å². The maximum Gasteiger partial charge on any atom is 0.0581 e. The summed E-state index contributed by atoms with van der Waals surface area (Å²) in [4.78, 5) is 2.60. The molecule has 0 aromatic carbocycles. The number of hydrogen-bond donors (Lipinski definition) is 1. The van der Waals surface area contributed by atoms with Gasteiger partial charge in [0.1, 0.15) is 0 Å². The first kappa shape index (κ1) is 14.3. The van der Waals surface area contributed by atoms with Crippen LogP contribution in [0, 0.1) is 17.3 Å². The lowest BCUT2D eigenvalue weighted by Gasteiger charge is -2.41. The highest BCUT2D eigenvalue weighted by molar-refractivity contribution is 4.88. The van der Waals surface area contributed by atoms with E-state index in [9.17, 15) is 5.11 Å². The summed E-state index contributed by atoms with van der Waals surface area (Å²) >= 11 is 0. The second-order valence-electron chi connectivity index (χ2n) is 7.73. The standard InChI is InChI=1S/C16H31NO/c1-12(2)17(10-13-5-6-13)11-14-9-16(3,4)8-7-15(14)18/h12-15,18H,5-11H2,1-4H3. The summed E-state index contributed by atoms with van der Waals surface area (Å²) < 4.78 is 0. The lowest BCUT2D eigenvalue weighted by Crippen LogP contribution is -2.44. The SMILES string of the molecule is CC(C)N(CC1CC1)CC1CC(C)(C)CCC1O. The van der Waals surface area contributed by atoms with Gasteiger partial charge < -0.3 is 10.0 Å². The molecule has 0 amide bonds. The molecule has 0 saturated heterocycles. The molecule has 2 aliphatic rings. The molecule has 18 heavy (non-hydrogen) atoms. The molecular formula is C16H31NO. The summed E-state index contributed by atoms with van der Waals surface area (Å²) in [5.74, 6) is 1.43. The molecule has 0 radical (unpaired) electrons. The van der Waals surface area contributed by atoms with Crippen LogP contribution in [0.1, 0.15) is 59.8 Å². The predicted octanol–water partition coefficient (Wildman–Crippen LogP) is 3.29. The Balaban J connectivity index is 1.91. The Morgan fingerprint density at radius 2 is 1.83 bits per heavy atom. The minimum atomic E-state index is -0.0709. The van der Waals surface area contributed by atoms with E-state index in [-0.39, 0.29) is 6.10 Å². The molecule has 2 atom stereocenters. The van der Waals surface area contributed by atoms with Gasteiger partial charge in [0.15, 0.2) is 0 Å². The third kappa shape index (κ3) is 3.96. The minimum Gasteiger partial charge on any atom is -0.393 e. The molecule has 106 valence electrons. The molecule has 0 spiro atoms. The molecule has 0 aromatic rings. The van der Waals surface area contributed by atoms with Crippen molar-refractivity contribution in [2.24, 2.45) is 17.3 Å². The quantitative estimate of drug-likeness (QED) is 0.812. The van der Waals surface area contributed by atoms with E-state index in [4.69, 9.17) is 0 Å². The van der Waals surface area contributed by atoms with Gasteiger partial charge in [0.25, 0.3) is 0 Å². The molecule has 2 nitrogen and oxygen atoms in total. The first-order chi connectivity index (χ1) is 8.37. The molecule has 0 aliphatic heterocycles. The zero-order valence-corrected chi connectivity index (χ0v) is 12.7. The number of rotatable bonds is 5. The first-order valence-electron chi connectivity index (χ1n) is 7.79. The molecule has 2 rings (SSSR count). The highest BCUT2D eigenvalue weighted by atomic mass is 16.3. The van der Waals surface area contributed by atoms with Gasteiger partial charge in [-0.05, 0) is 63.2 Å². The van der Waals surface area contributed by atoms with E-state index in [0.717, 1.165) is 18.9 Å². The van der Waals surface area contributed by atoms with Crippen molar-refractivity contribution in [3.8, 4) is 0 Å². The summed E-state index contributed by atoms with van der Waals surface area (Å²) in [5.41, 5.74) is 0.423. The van der Waals surface area contributed by atoms with Crippen LogP contribution in [-0.4, -0.2) is 35.2 Å². The van der Waals surface area contributed by atoms with Crippen LogP contribution in [0.25, 0.3) is 0 Å². The Hall–Kier alpha value is -0.0800. The molecular weight excluding hydrogens is 222 g/mol. The predicted molar refractivity (Wildman–Crippen MR) is 76.6 cm³/mol. The Kier molecular flexibility index (Phi) is 4.38. The van der Waals surface area contributed by atoms with E-state index in [1.807, 2.05) is 0 Å². The van der Waals surface area contributed by atoms with E-state index in [0.29, 0.717) is 17.4 Å². The molecule has 2 saturated carbocycles. The van der Waals surface area contributed by atoms with Gasteiger partial charge in [0.2, 0.25) is 0 Å². The van der Waals surface area contributed by atoms with Crippen LogP contribution in [0.3, 0.4) is 0 Å². The maximum absolute atomic E-state index is 10.3. The molecule has 1 N–H and O–H groups in total. The summed E-state index contributed by atoms with van der Waals surface area (Å²) in [7, 11) is 0. The number of nitrogens with zero attached hydrogens (tertiary/aromatic N) is 1. The van der Waals surface area contributed by atoms with Gasteiger partial charge in [-0.2, -0.15) is 0 Å². The summed E-state index contributed by atoms with van der Waals surface area (Å²) in [5, 5.41) is 10.3. The van der Waals surface area contributed by atoms with Crippen LogP contribution in [0.15, 0.2) is 0 Å². The van der Waals surface area contributed by atoms with Crippen LogP contribution < -0.4 is 0 Å². The van der Waals surface area contributed by atoms with Crippen LogP contribution >= 0.6 is 0 Å². The van der Waals surface area contributed by atoms with E-state index in [1.165, 1.54) is 32.2 Å². The molecule has 2 unspecified atom stereocenters. The molecule has 2 fully saturated rings. The van der Waals surface area contributed by atoms with E-state index in [2.05, 4.69) is 32.6 Å². The zero-order valence-electron chi connectivity index (χ0n) is 12.7. The van der Waals surface area contributed by atoms with Crippen molar-refractivity contribution in [1.82, 2.24) is 4.90 Å². The second-order valence-corrected chi connectivity index (χ2v) is 7.73. The Morgan fingerprint density at radius 3 is 2.39 bits per heavy atom. The summed E-state index contributed by atoms with van der Waals surface area (Å²) in [6.45, 7) is 11.6. The number of aliphatic hydroxyl groups is 1. The van der Waals surface area contributed by atoms with Crippen molar-refractivity contribution in [3.05, 3.63) is 0 Å². The van der Waals surface area contributed by atoms with Crippen LogP contribution in [-0.2, 0) is 0 Å².